The van der Waals surface area contributed by atoms with Crippen LogP contribution in [0.3, 0.4) is 0 Å². The SMILES string of the molecule is CC(=O)OCC1=C(C(=O)OCc2ccc([N+](=O)[O-])cc2)N2C(=O)C(NC(=O)Cc3nnco3)[C@@H]2SC1=CBr. The summed E-state index contributed by atoms with van der Waals surface area (Å²) >= 11 is 4.42. The number of fused-ring (bicyclic) bond motifs is 1. The van der Waals surface area contributed by atoms with E-state index < -0.39 is 40.1 Å². The van der Waals surface area contributed by atoms with Gasteiger partial charge in [-0.05, 0) is 22.7 Å². The van der Waals surface area contributed by atoms with Crippen molar-refractivity contribution in [2.24, 2.45) is 0 Å². The van der Waals surface area contributed by atoms with Crippen LogP contribution < -0.4 is 5.32 Å². The lowest BCUT2D eigenvalue weighted by atomic mass is 10.0. The van der Waals surface area contributed by atoms with Crippen LogP contribution in [-0.4, -0.2) is 61.8 Å². The van der Waals surface area contributed by atoms with Crippen LogP contribution in [0.1, 0.15) is 18.4 Å². The molecule has 1 aromatic heterocycles. The number of amides is 2. The van der Waals surface area contributed by atoms with Crippen molar-refractivity contribution in [3.63, 3.8) is 0 Å². The molecule has 2 aromatic rings. The molecular weight excluding hydrogens is 590 g/mol. The van der Waals surface area contributed by atoms with Crippen LogP contribution in [0.15, 0.2) is 56.2 Å². The molecule has 0 spiro atoms. The van der Waals surface area contributed by atoms with Gasteiger partial charge in [-0.1, -0.05) is 27.7 Å². The number of rotatable bonds is 9. The minimum atomic E-state index is -0.967. The van der Waals surface area contributed by atoms with Gasteiger partial charge in [0.15, 0.2) is 0 Å². The summed E-state index contributed by atoms with van der Waals surface area (Å²) in [6.07, 6.45) is 0.840. The van der Waals surface area contributed by atoms with E-state index in [0.29, 0.717) is 10.5 Å². The quantitative estimate of drug-likeness (QED) is 0.188. The van der Waals surface area contributed by atoms with Crippen molar-refractivity contribution >= 4 is 57.1 Å². The fourth-order valence-corrected chi connectivity index (χ4v) is 5.46. The molecule has 1 fully saturated rings. The summed E-state index contributed by atoms with van der Waals surface area (Å²) in [5.41, 5.74) is 0.445. The Morgan fingerprint density at radius 1 is 1.26 bits per heavy atom. The van der Waals surface area contributed by atoms with Crippen LogP contribution in [-0.2, 0) is 41.7 Å². The number of nitro benzene ring substituents is 1. The second kappa shape index (κ2) is 11.6. The Labute approximate surface area is 226 Å². The van der Waals surface area contributed by atoms with Crippen LogP contribution >= 0.6 is 27.7 Å². The normalized spacial score (nSPS) is 19.5. The molecule has 0 radical (unpaired) electrons. The number of aromatic nitrogens is 2. The molecule has 2 aliphatic heterocycles. The fourth-order valence-electron chi connectivity index (χ4n) is 3.61. The molecule has 4 rings (SSSR count). The Hall–Kier alpha value is -4.05. The number of thioether (sulfide) groups is 1. The summed E-state index contributed by atoms with van der Waals surface area (Å²) in [6, 6.07) is 4.45. The fraction of sp³-hybridized carbons (Fsp3) is 0.273. The zero-order chi connectivity index (χ0) is 27.4. The summed E-state index contributed by atoms with van der Waals surface area (Å²) in [4.78, 5) is 63.7. The number of nitro groups is 1. The van der Waals surface area contributed by atoms with Gasteiger partial charge in [0.05, 0.1) is 4.92 Å². The van der Waals surface area contributed by atoms with Gasteiger partial charge in [0.2, 0.25) is 18.2 Å². The van der Waals surface area contributed by atoms with E-state index in [9.17, 15) is 29.3 Å². The van der Waals surface area contributed by atoms with Gasteiger partial charge in [0.1, 0.15) is 36.7 Å². The lowest BCUT2D eigenvalue weighted by Gasteiger charge is -2.50. The van der Waals surface area contributed by atoms with Crippen molar-refractivity contribution in [1.29, 1.82) is 0 Å². The number of carbonyl (C=O) groups excluding carboxylic acids is 4. The Morgan fingerprint density at radius 2 is 2.00 bits per heavy atom. The third-order valence-electron chi connectivity index (χ3n) is 5.38. The second-order valence-electron chi connectivity index (χ2n) is 7.85. The van der Waals surface area contributed by atoms with Crippen LogP contribution in [0, 0.1) is 10.1 Å². The van der Waals surface area contributed by atoms with Crippen LogP contribution in [0.4, 0.5) is 5.69 Å². The first-order valence-corrected chi connectivity index (χ1v) is 12.6. The molecule has 0 aliphatic carbocycles. The number of nitrogens with zero attached hydrogens (tertiary/aromatic N) is 4. The molecule has 0 bridgehead atoms. The smallest absolute Gasteiger partial charge is 0.355 e. The highest BCUT2D eigenvalue weighted by Crippen LogP contribution is 2.47. The third-order valence-corrected chi connectivity index (χ3v) is 7.48. The standard InChI is InChI=1S/C22H18BrN5O9S/c1-11(29)35-9-14-15(7-23)38-21-18(25-16(30)6-17-26-24-10-37-17)20(31)27(21)19(14)22(32)36-8-12-2-4-13(5-3-12)28(33)34/h2-5,7,10,18,21H,6,8-9H2,1H3,(H,25,30)/t18?,21-/m0/s1. The van der Waals surface area contributed by atoms with E-state index >= 15 is 0 Å². The molecular formula is C22H18BrN5O9S. The maximum Gasteiger partial charge on any atom is 0.355 e. The van der Waals surface area contributed by atoms with Gasteiger partial charge < -0.3 is 19.2 Å². The number of hydrogen-bond acceptors (Lipinski definition) is 12. The second-order valence-corrected chi connectivity index (χ2v) is 9.47. The van der Waals surface area contributed by atoms with Crippen molar-refractivity contribution in [2.45, 2.75) is 31.4 Å². The van der Waals surface area contributed by atoms with Crippen LogP contribution in [0.5, 0.6) is 0 Å². The Morgan fingerprint density at radius 3 is 2.61 bits per heavy atom. The van der Waals surface area contributed by atoms with Gasteiger partial charge >= 0.3 is 11.9 Å². The molecule has 2 atom stereocenters. The zero-order valence-electron chi connectivity index (χ0n) is 19.5. The molecule has 0 saturated carbocycles. The number of ether oxygens (including phenoxy) is 2. The highest BCUT2D eigenvalue weighted by atomic mass is 79.9. The molecule has 2 aliphatic rings. The molecule has 1 N–H and O–H groups in total. The largest absolute Gasteiger partial charge is 0.461 e. The number of carbonyl (C=O) groups is 4. The van der Waals surface area contributed by atoms with Crippen molar-refractivity contribution in [3.8, 4) is 0 Å². The van der Waals surface area contributed by atoms with Crippen molar-refractivity contribution in [3.05, 3.63) is 73.4 Å². The summed E-state index contributed by atoms with van der Waals surface area (Å²) in [5.74, 6) is -2.51. The molecule has 38 heavy (non-hydrogen) atoms. The van der Waals surface area contributed by atoms with Gasteiger partial charge in [-0.2, -0.15) is 0 Å². The van der Waals surface area contributed by atoms with E-state index in [0.717, 1.165) is 6.39 Å². The summed E-state index contributed by atoms with van der Waals surface area (Å²) in [7, 11) is 0. The van der Waals surface area contributed by atoms with Gasteiger partial charge in [-0.3, -0.25) is 29.4 Å². The highest BCUT2D eigenvalue weighted by Gasteiger charge is 2.55. The minimum absolute atomic E-state index is 0.0718. The maximum atomic E-state index is 13.2. The van der Waals surface area contributed by atoms with E-state index in [4.69, 9.17) is 13.9 Å². The third kappa shape index (κ3) is 5.75. The Bertz CT molecular complexity index is 1340. The van der Waals surface area contributed by atoms with Gasteiger partial charge in [-0.25, -0.2) is 4.79 Å². The average Bonchev–Trinajstić information content (AvgIpc) is 3.41. The molecule has 1 saturated heterocycles. The lowest BCUT2D eigenvalue weighted by Crippen LogP contribution is -2.70. The van der Waals surface area contributed by atoms with E-state index in [2.05, 4.69) is 31.4 Å². The summed E-state index contributed by atoms with van der Waals surface area (Å²) in [5, 5.41) is 19.9. The molecule has 3 heterocycles. The molecule has 14 nitrogen and oxygen atoms in total. The number of non-ortho nitro benzene ring substituents is 1. The first-order valence-electron chi connectivity index (χ1n) is 10.8. The van der Waals surface area contributed by atoms with Gasteiger partial charge in [0.25, 0.3) is 11.6 Å². The van der Waals surface area contributed by atoms with Crippen molar-refractivity contribution in [2.75, 3.05) is 6.61 Å². The maximum absolute atomic E-state index is 13.2. The van der Waals surface area contributed by atoms with E-state index in [-0.39, 0.29) is 42.5 Å². The Balaban J connectivity index is 1.55. The predicted molar refractivity (Wildman–Crippen MR) is 132 cm³/mol. The number of benzene rings is 1. The molecule has 1 unspecified atom stereocenters. The van der Waals surface area contributed by atoms with Gasteiger partial charge in [-0.15, -0.1) is 10.2 Å². The number of halogens is 1. The Kier molecular flexibility index (Phi) is 8.21. The van der Waals surface area contributed by atoms with E-state index in [1.54, 1.807) is 0 Å². The van der Waals surface area contributed by atoms with Crippen LogP contribution in [0.2, 0.25) is 0 Å². The highest BCUT2D eigenvalue weighted by molar-refractivity contribution is 9.11. The lowest BCUT2D eigenvalue weighted by molar-refractivity contribution is -0.384. The van der Waals surface area contributed by atoms with Crippen LogP contribution in [0.25, 0.3) is 0 Å². The van der Waals surface area contributed by atoms with E-state index in [1.807, 2.05) is 0 Å². The monoisotopic (exact) mass is 607 g/mol. The number of esters is 2. The number of hydrogen-bond donors (Lipinski definition) is 1. The molecule has 198 valence electrons. The molecule has 2 amide bonds. The topological polar surface area (TPSA) is 184 Å². The first-order chi connectivity index (χ1) is 18.2. The van der Waals surface area contributed by atoms with Crippen molar-refractivity contribution < 1.29 is 38.0 Å². The average molecular weight is 608 g/mol. The molecule has 16 heteroatoms. The van der Waals surface area contributed by atoms with E-state index in [1.165, 1.54) is 52.8 Å². The van der Waals surface area contributed by atoms with Crippen molar-refractivity contribution in [1.82, 2.24) is 20.4 Å². The molecule has 1 aromatic carbocycles. The summed E-state index contributed by atoms with van der Waals surface area (Å²) in [6.45, 7) is 0.651. The zero-order valence-corrected chi connectivity index (χ0v) is 21.9. The first kappa shape index (κ1) is 27.0. The number of β-lactam (4-membered cyclic amide) rings is 1. The van der Waals surface area contributed by atoms with Gasteiger partial charge in [0, 0.05) is 29.5 Å². The predicted octanol–water partition coefficient (Wildman–Crippen LogP) is 1.72. The minimum Gasteiger partial charge on any atom is -0.461 e. The summed E-state index contributed by atoms with van der Waals surface area (Å²) < 4.78 is 15.5. The number of nitrogens with one attached hydrogen (secondary N) is 1.